The largest absolute Gasteiger partial charge is 0.550 e. The number of carbonyl (C=O) groups is 3. The standard InChI is InChI=1S/C20H35NO6/c1-5-6-7-8-9-10-11-21(12-15(2)18(22)23,13-16(3)19(24)25)14-17(4)20(26)27/h9-10,15-17H,5-8,11-14H2,1-4H3,(H2-,22,23,24,25,26,27)/b10-9+. The number of rotatable bonds is 15. The molecule has 3 atom stereocenters. The van der Waals surface area contributed by atoms with Crippen LogP contribution >= 0.6 is 0 Å². The van der Waals surface area contributed by atoms with Crippen LogP contribution in [0.5, 0.6) is 0 Å². The number of allylic oxidation sites excluding steroid dienone is 1. The van der Waals surface area contributed by atoms with Gasteiger partial charge in [-0.3, -0.25) is 9.59 Å². The molecule has 0 aliphatic carbocycles. The summed E-state index contributed by atoms with van der Waals surface area (Å²) in [4.78, 5) is 34.1. The summed E-state index contributed by atoms with van der Waals surface area (Å²) >= 11 is 0. The van der Waals surface area contributed by atoms with E-state index in [1.807, 2.05) is 12.2 Å². The number of aliphatic carboxylic acids is 3. The summed E-state index contributed by atoms with van der Waals surface area (Å²) in [6, 6.07) is 0. The van der Waals surface area contributed by atoms with Gasteiger partial charge in [-0.25, -0.2) is 0 Å². The fourth-order valence-electron chi connectivity index (χ4n) is 3.35. The Kier molecular flexibility index (Phi) is 11.6. The van der Waals surface area contributed by atoms with Crippen LogP contribution in [0.2, 0.25) is 0 Å². The molecule has 3 unspecified atom stereocenters. The molecule has 27 heavy (non-hydrogen) atoms. The third-order valence-corrected chi connectivity index (χ3v) is 4.86. The van der Waals surface area contributed by atoms with Crippen LogP contribution in [0.15, 0.2) is 12.2 Å². The van der Waals surface area contributed by atoms with Crippen molar-refractivity contribution in [3.63, 3.8) is 0 Å². The third-order valence-electron chi connectivity index (χ3n) is 4.86. The van der Waals surface area contributed by atoms with Crippen molar-refractivity contribution in [1.82, 2.24) is 0 Å². The number of hydrogen-bond acceptors (Lipinski definition) is 4. The summed E-state index contributed by atoms with van der Waals surface area (Å²) in [6.45, 7) is 7.64. The Balaban J connectivity index is 5.55. The molecule has 0 fully saturated rings. The molecule has 0 rings (SSSR count). The lowest BCUT2D eigenvalue weighted by molar-refractivity contribution is -0.929. The van der Waals surface area contributed by atoms with Gasteiger partial charge in [0.15, 0.2) is 0 Å². The summed E-state index contributed by atoms with van der Waals surface area (Å²) in [5.74, 6) is -5.40. The number of unbranched alkanes of at least 4 members (excludes halogenated alkanes) is 3. The van der Waals surface area contributed by atoms with Gasteiger partial charge < -0.3 is 24.6 Å². The number of nitrogens with zero attached hydrogens (tertiary/aromatic N) is 1. The van der Waals surface area contributed by atoms with Crippen molar-refractivity contribution in [2.24, 2.45) is 17.8 Å². The van der Waals surface area contributed by atoms with E-state index in [1.165, 1.54) is 6.92 Å². The highest BCUT2D eigenvalue weighted by atomic mass is 16.4. The Morgan fingerprint density at radius 2 is 1.37 bits per heavy atom. The Bertz CT molecular complexity index is 462. The lowest BCUT2D eigenvalue weighted by Gasteiger charge is -2.42. The lowest BCUT2D eigenvalue weighted by atomic mass is 10.0. The molecule has 2 N–H and O–H groups in total. The molecule has 0 aromatic rings. The smallest absolute Gasteiger partial charge is 0.311 e. The fraction of sp³-hybridized carbons (Fsp3) is 0.750. The van der Waals surface area contributed by atoms with Gasteiger partial charge in [-0.05, 0) is 32.8 Å². The molecule has 0 amide bonds. The minimum atomic E-state index is -1.21. The fourth-order valence-corrected chi connectivity index (χ4v) is 3.35. The van der Waals surface area contributed by atoms with Gasteiger partial charge in [0.25, 0.3) is 0 Å². The minimum absolute atomic E-state index is 0.0976. The predicted molar refractivity (Wildman–Crippen MR) is 101 cm³/mol. The first-order valence-electron chi connectivity index (χ1n) is 9.71. The van der Waals surface area contributed by atoms with E-state index in [0.717, 1.165) is 25.7 Å². The first kappa shape index (κ1) is 25.1. The normalized spacial score (nSPS) is 17.2. The zero-order valence-corrected chi connectivity index (χ0v) is 17.0. The predicted octanol–water partition coefficient (Wildman–Crippen LogP) is 1.77. The van der Waals surface area contributed by atoms with Crippen LogP contribution in [-0.4, -0.2) is 58.8 Å². The summed E-state index contributed by atoms with van der Waals surface area (Å²) in [6.07, 6.45) is 8.14. The summed E-state index contributed by atoms with van der Waals surface area (Å²) in [7, 11) is 0. The van der Waals surface area contributed by atoms with Crippen LogP contribution in [0, 0.1) is 17.8 Å². The number of carboxylic acid groups (broad SMARTS) is 3. The SMILES string of the molecule is CCCCC/C=C/C[N+](CC(C)C(=O)[O-])(CC(C)C(=O)O)CC(C)C(=O)O. The molecule has 0 heterocycles. The molecule has 0 radical (unpaired) electrons. The van der Waals surface area contributed by atoms with Crippen LogP contribution in [0.1, 0.15) is 53.4 Å². The molecule has 156 valence electrons. The van der Waals surface area contributed by atoms with E-state index in [9.17, 15) is 29.7 Å². The lowest BCUT2D eigenvalue weighted by Crippen LogP contribution is -2.58. The second-order valence-corrected chi connectivity index (χ2v) is 7.74. The van der Waals surface area contributed by atoms with Crippen LogP contribution < -0.4 is 5.11 Å². The van der Waals surface area contributed by atoms with Gasteiger partial charge >= 0.3 is 11.9 Å². The van der Waals surface area contributed by atoms with Gasteiger partial charge in [0.2, 0.25) is 0 Å². The molecule has 0 saturated heterocycles. The molecule has 7 nitrogen and oxygen atoms in total. The Hall–Kier alpha value is -1.89. The molecular formula is C20H35NO6. The van der Waals surface area contributed by atoms with Crippen molar-refractivity contribution >= 4 is 17.9 Å². The van der Waals surface area contributed by atoms with E-state index < -0.39 is 35.7 Å². The maximum atomic E-state index is 11.4. The number of carboxylic acids is 3. The van der Waals surface area contributed by atoms with Gasteiger partial charge in [0.1, 0.15) is 11.8 Å². The minimum Gasteiger partial charge on any atom is -0.550 e. The highest BCUT2D eigenvalue weighted by Gasteiger charge is 2.36. The van der Waals surface area contributed by atoms with E-state index in [2.05, 4.69) is 6.92 Å². The Morgan fingerprint density at radius 3 is 1.78 bits per heavy atom. The average molecular weight is 386 g/mol. The third kappa shape index (κ3) is 10.1. The summed E-state index contributed by atoms with van der Waals surface area (Å²) in [5, 5.41) is 29.9. The molecular weight excluding hydrogens is 350 g/mol. The zero-order chi connectivity index (χ0) is 21.0. The number of carbonyl (C=O) groups excluding carboxylic acids is 1. The molecule has 0 aliphatic heterocycles. The van der Waals surface area contributed by atoms with E-state index >= 15 is 0 Å². The maximum Gasteiger partial charge on any atom is 0.311 e. The number of quaternary nitrogens is 1. The van der Waals surface area contributed by atoms with Crippen molar-refractivity contribution in [3.05, 3.63) is 12.2 Å². The molecule has 0 aromatic carbocycles. The molecule has 0 spiro atoms. The molecule has 0 aromatic heterocycles. The van der Waals surface area contributed by atoms with Gasteiger partial charge in [-0.2, -0.15) is 0 Å². The topological polar surface area (TPSA) is 115 Å². The molecule has 0 bridgehead atoms. The van der Waals surface area contributed by atoms with Crippen molar-refractivity contribution in [1.29, 1.82) is 0 Å². The van der Waals surface area contributed by atoms with E-state index in [1.54, 1.807) is 13.8 Å². The van der Waals surface area contributed by atoms with Crippen molar-refractivity contribution < 1.29 is 34.2 Å². The summed E-state index contributed by atoms with van der Waals surface area (Å²) < 4.78 is 0.0976. The van der Waals surface area contributed by atoms with E-state index in [-0.39, 0.29) is 24.1 Å². The molecule has 0 saturated carbocycles. The van der Waals surface area contributed by atoms with Crippen molar-refractivity contribution in [2.45, 2.75) is 53.4 Å². The average Bonchev–Trinajstić information content (AvgIpc) is 2.57. The quantitative estimate of drug-likeness (QED) is 0.252. The first-order valence-corrected chi connectivity index (χ1v) is 9.71. The second-order valence-electron chi connectivity index (χ2n) is 7.74. The highest BCUT2D eigenvalue weighted by Crippen LogP contribution is 2.20. The van der Waals surface area contributed by atoms with E-state index in [4.69, 9.17) is 0 Å². The van der Waals surface area contributed by atoms with Crippen LogP contribution in [0.3, 0.4) is 0 Å². The number of hydrogen-bond donors (Lipinski definition) is 2. The molecule has 0 aliphatic rings. The van der Waals surface area contributed by atoms with Crippen LogP contribution in [0.25, 0.3) is 0 Å². The first-order chi connectivity index (χ1) is 12.5. The monoisotopic (exact) mass is 385 g/mol. The maximum absolute atomic E-state index is 11.4. The summed E-state index contributed by atoms with van der Waals surface area (Å²) in [5.41, 5.74) is 0. The van der Waals surface area contributed by atoms with Crippen LogP contribution in [0.4, 0.5) is 0 Å². The van der Waals surface area contributed by atoms with Gasteiger partial charge in [-0.15, -0.1) is 0 Å². The van der Waals surface area contributed by atoms with Crippen LogP contribution in [-0.2, 0) is 14.4 Å². The Morgan fingerprint density at radius 1 is 0.889 bits per heavy atom. The Labute approximate surface area is 162 Å². The van der Waals surface area contributed by atoms with Crippen molar-refractivity contribution in [3.8, 4) is 0 Å². The van der Waals surface area contributed by atoms with Gasteiger partial charge in [-0.1, -0.05) is 32.8 Å². The van der Waals surface area contributed by atoms with Gasteiger partial charge in [0.05, 0.1) is 26.2 Å². The van der Waals surface area contributed by atoms with E-state index in [0.29, 0.717) is 6.54 Å². The second kappa shape index (κ2) is 12.5. The van der Waals surface area contributed by atoms with Crippen molar-refractivity contribution in [2.75, 3.05) is 26.2 Å². The van der Waals surface area contributed by atoms with Gasteiger partial charge in [0, 0.05) is 11.9 Å². The zero-order valence-electron chi connectivity index (χ0n) is 17.0. The molecule has 7 heteroatoms. The highest BCUT2D eigenvalue weighted by molar-refractivity contribution is 5.70.